The number of anilines is 1. The van der Waals surface area contributed by atoms with Crippen molar-refractivity contribution in [1.82, 2.24) is 5.32 Å². The number of carbonyl (C=O) groups excluding carboxylic acids is 2. The molecular weight excluding hydrogens is 473 g/mol. The fourth-order valence-corrected chi connectivity index (χ4v) is 4.14. The van der Waals surface area contributed by atoms with Gasteiger partial charge in [0.15, 0.2) is 0 Å². The lowest BCUT2D eigenvalue weighted by molar-refractivity contribution is -0.132. The van der Waals surface area contributed by atoms with E-state index in [1.54, 1.807) is 26.1 Å². The lowest BCUT2D eigenvalue weighted by atomic mass is 9.96. The molecule has 174 valence electrons. The average Bonchev–Trinajstić information content (AvgIpc) is 2.96. The van der Waals surface area contributed by atoms with E-state index in [0.29, 0.717) is 22.0 Å². The highest BCUT2D eigenvalue weighted by atomic mass is 35.5. The van der Waals surface area contributed by atoms with Gasteiger partial charge in [0.05, 0.1) is 33.5 Å². The highest BCUT2D eigenvalue weighted by molar-refractivity contribution is 6.42. The van der Waals surface area contributed by atoms with E-state index in [2.05, 4.69) is 10.3 Å². The maximum Gasteiger partial charge on any atom is 0.272 e. The van der Waals surface area contributed by atoms with Crippen molar-refractivity contribution in [2.45, 2.75) is 19.2 Å². The maximum absolute atomic E-state index is 13.3. The first-order valence-corrected chi connectivity index (χ1v) is 11.5. The zero-order valence-electron chi connectivity index (χ0n) is 18.6. The van der Waals surface area contributed by atoms with E-state index in [4.69, 9.17) is 23.2 Å². The van der Waals surface area contributed by atoms with Crippen molar-refractivity contribution >= 4 is 46.4 Å². The fourth-order valence-electron chi connectivity index (χ4n) is 3.84. The number of likely N-dealkylation sites (N-methyl/N-ethyl adjacent to an activating group) is 1. The van der Waals surface area contributed by atoms with Crippen molar-refractivity contribution in [3.8, 4) is 0 Å². The molecule has 34 heavy (non-hydrogen) atoms. The number of benzodiazepines with no additional fused rings is 1. The minimum Gasteiger partial charge on any atom is -0.388 e. The smallest absolute Gasteiger partial charge is 0.272 e. The number of aliphatic imine (C=N–C) groups is 1. The first-order chi connectivity index (χ1) is 16.3. The van der Waals surface area contributed by atoms with Crippen LogP contribution >= 0.6 is 23.2 Å². The Balaban J connectivity index is 1.65. The van der Waals surface area contributed by atoms with Crippen molar-refractivity contribution in [3.63, 3.8) is 0 Å². The van der Waals surface area contributed by atoms with Crippen LogP contribution in [0.2, 0.25) is 10.0 Å². The van der Waals surface area contributed by atoms with E-state index in [1.807, 2.05) is 54.6 Å². The number of amides is 2. The number of hydrogen-bond acceptors (Lipinski definition) is 4. The normalized spacial score (nSPS) is 17.3. The van der Waals surface area contributed by atoms with Crippen LogP contribution in [0.3, 0.4) is 0 Å². The number of benzene rings is 3. The van der Waals surface area contributed by atoms with Crippen molar-refractivity contribution in [2.24, 2.45) is 10.9 Å². The standard InChI is InChI=1S/C26H23Cl2N3O3/c1-15(23(32)17-12-13-19(27)20(28)14-17)25(33)30-24-26(34)31(2)21-11-7-6-10-18(21)22(29-24)16-8-4-3-5-9-16/h3-15,23-24,32H,1-2H3,(H,30,33)/t15-,23-,24-/m1/s1. The first kappa shape index (κ1) is 24.0. The molecule has 2 N–H and O–H groups in total. The van der Waals surface area contributed by atoms with Gasteiger partial charge in [-0.1, -0.05) is 84.7 Å². The molecule has 1 heterocycles. The Hall–Kier alpha value is -3.19. The van der Waals surface area contributed by atoms with E-state index < -0.39 is 24.1 Å². The highest BCUT2D eigenvalue weighted by Crippen LogP contribution is 2.30. The molecule has 8 heteroatoms. The predicted octanol–water partition coefficient (Wildman–Crippen LogP) is 4.62. The molecule has 0 saturated carbocycles. The van der Waals surface area contributed by atoms with Crippen LogP contribution in [0.4, 0.5) is 5.69 Å². The molecule has 0 fully saturated rings. The van der Waals surface area contributed by atoms with Crippen molar-refractivity contribution in [3.05, 3.63) is 99.5 Å². The summed E-state index contributed by atoms with van der Waals surface area (Å²) in [7, 11) is 1.65. The first-order valence-electron chi connectivity index (χ1n) is 10.7. The Morgan fingerprint density at radius 2 is 1.71 bits per heavy atom. The molecule has 0 spiro atoms. The lowest BCUT2D eigenvalue weighted by Crippen LogP contribution is -2.48. The summed E-state index contributed by atoms with van der Waals surface area (Å²) < 4.78 is 0. The van der Waals surface area contributed by atoms with Crippen LogP contribution in [0.1, 0.15) is 29.7 Å². The van der Waals surface area contributed by atoms with Crippen molar-refractivity contribution in [1.29, 1.82) is 0 Å². The number of fused-ring (bicyclic) bond motifs is 1. The number of halogens is 2. The Bertz CT molecular complexity index is 1260. The molecule has 0 unspecified atom stereocenters. The number of hydrogen-bond donors (Lipinski definition) is 2. The zero-order valence-corrected chi connectivity index (χ0v) is 20.1. The van der Waals surface area contributed by atoms with Crippen LogP contribution in [0, 0.1) is 5.92 Å². The molecule has 3 aromatic carbocycles. The van der Waals surface area contributed by atoms with Gasteiger partial charge in [0.2, 0.25) is 12.1 Å². The van der Waals surface area contributed by atoms with Crippen LogP contribution in [0.25, 0.3) is 0 Å². The van der Waals surface area contributed by atoms with E-state index >= 15 is 0 Å². The number of aliphatic hydroxyl groups excluding tert-OH is 1. The molecule has 1 aliphatic rings. The number of aliphatic hydroxyl groups is 1. The number of rotatable bonds is 5. The van der Waals surface area contributed by atoms with Crippen molar-refractivity contribution < 1.29 is 14.7 Å². The van der Waals surface area contributed by atoms with Crippen LogP contribution in [0.15, 0.2) is 77.8 Å². The van der Waals surface area contributed by atoms with Gasteiger partial charge in [-0.2, -0.15) is 0 Å². The largest absolute Gasteiger partial charge is 0.388 e. The maximum atomic E-state index is 13.3. The van der Waals surface area contributed by atoms with Gasteiger partial charge in [-0.15, -0.1) is 0 Å². The summed E-state index contributed by atoms with van der Waals surface area (Å²) in [5, 5.41) is 14.1. The lowest BCUT2D eigenvalue weighted by Gasteiger charge is -2.23. The highest BCUT2D eigenvalue weighted by Gasteiger charge is 2.33. The van der Waals surface area contributed by atoms with Gasteiger partial charge in [-0.3, -0.25) is 9.59 Å². The number of nitrogens with one attached hydrogen (secondary N) is 1. The summed E-state index contributed by atoms with van der Waals surface area (Å²) >= 11 is 12.0. The molecule has 3 aromatic rings. The van der Waals surface area contributed by atoms with E-state index in [-0.39, 0.29) is 10.9 Å². The summed E-state index contributed by atoms with van der Waals surface area (Å²) in [6, 6.07) is 21.6. The van der Waals surface area contributed by atoms with Crippen molar-refractivity contribution in [2.75, 3.05) is 11.9 Å². The van der Waals surface area contributed by atoms with E-state index in [1.165, 1.54) is 11.0 Å². The molecule has 0 aliphatic carbocycles. The quantitative estimate of drug-likeness (QED) is 0.541. The van der Waals surface area contributed by atoms with Crippen LogP contribution < -0.4 is 10.2 Å². The van der Waals surface area contributed by atoms with Gasteiger partial charge in [-0.05, 0) is 23.8 Å². The van der Waals surface area contributed by atoms with Gasteiger partial charge in [0.1, 0.15) is 0 Å². The molecule has 0 aromatic heterocycles. The summed E-state index contributed by atoms with van der Waals surface area (Å²) in [4.78, 5) is 32.5. The molecule has 1 aliphatic heterocycles. The minimum atomic E-state index is -1.16. The summed E-state index contributed by atoms with van der Waals surface area (Å²) in [6.07, 6.45) is -2.31. The summed E-state index contributed by atoms with van der Waals surface area (Å²) in [6.45, 7) is 1.57. The topological polar surface area (TPSA) is 82.0 Å². The van der Waals surface area contributed by atoms with Gasteiger partial charge in [-0.25, -0.2) is 4.99 Å². The zero-order chi connectivity index (χ0) is 24.4. The number of nitrogens with zero attached hydrogens (tertiary/aromatic N) is 2. The Morgan fingerprint density at radius 1 is 1.03 bits per heavy atom. The Kier molecular flexibility index (Phi) is 7.03. The van der Waals surface area contributed by atoms with Crippen LogP contribution in [0.5, 0.6) is 0 Å². The Labute approximate surface area is 207 Å². The molecule has 0 bridgehead atoms. The van der Waals surface area contributed by atoms with E-state index in [9.17, 15) is 14.7 Å². The molecule has 4 rings (SSSR count). The molecule has 6 nitrogen and oxygen atoms in total. The average molecular weight is 496 g/mol. The summed E-state index contributed by atoms with van der Waals surface area (Å²) in [5.41, 5.74) is 3.33. The second-order valence-corrected chi connectivity index (χ2v) is 8.89. The third-order valence-corrected chi connectivity index (χ3v) is 6.58. The Morgan fingerprint density at radius 3 is 2.41 bits per heavy atom. The molecular formula is C26H23Cl2N3O3. The molecule has 2 amide bonds. The predicted molar refractivity (Wildman–Crippen MR) is 134 cm³/mol. The van der Waals surface area contributed by atoms with Gasteiger partial charge < -0.3 is 15.3 Å². The third-order valence-electron chi connectivity index (χ3n) is 5.84. The monoisotopic (exact) mass is 495 g/mol. The summed E-state index contributed by atoms with van der Waals surface area (Å²) in [5.74, 6) is -1.79. The number of carbonyl (C=O) groups is 2. The number of para-hydroxylation sites is 1. The second-order valence-electron chi connectivity index (χ2n) is 8.08. The van der Waals surface area contributed by atoms with Gasteiger partial charge in [0.25, 0.3) is 5.91 Å². The second kappa shape index (κ2) is 9.97. The van der Waals surface area contributed by atoms with Crippen LogP contribution in [-0.4, -0.2) is 35.8 Å². The minimum absolute atomic E-state index is 0.279. The SMILES string of the molecule is C[C@@H](C(=O)N[C@H]1N=C(c2ccccc2)c2ccccc2N(C)C1=O)[C@@H](O)c1ccc(Cl)c(Cl)c1. The van der Waals surface area contributed by atoms with Gasteiger partial charge >= 0.3 is 0 Å². The van der Waals surface area contributed by atoms with Crippen LogP contribution in [-0.2, 0) is 9.59 Å². The fraction of sp³-hybridized carbons (Fsp3) is 0.192. The molecule has 3 atom stereocenters. The van der Waals surface area contributed by atoms with Gasteiger partial charge in [0, 0.05) is 18.2 Å². The van der Waals surface area contributed by atoms with E-state index in [0.717, 1.165) is 11.1 Å². The third kappa shape index (κ3) is 4.71. The molecule has 0 saturated heterocycles. The molecule has 0 radical (unpaired) electrons.